The lowest BCUT2D eigenvalue weighted by atomic mass is 9.91. The molecule has 0 aliphatic carbocycles. The molecule has 0 bridgehead atoms. The first-order valence-corrected chi connectivity index (χ1v) is 20.6. The summed E-state index contributed by atoms with van der Waals surface area (Å²) in [5.74, 6) is 6.49. The van der Waals surface area contributed by atoms with Crippen LogP contribution in [0.15, 0.2) is 118 Å². The molecule has 0 aliphatic rings. The number of hydrazine groups is 1. The van der Waals surface area contributed by atoms with Gasteiger partial charge >= 0.3 is 6.18 Å². The molecule has 0 saturated carbocycles. The molecule has 54 heavy (non-hydrogen) atoms. The number of oxime groups is 1. The summed E-state index contributed by atoms with van der Waals surface area (Å²) in [6.45, 7) is 0.916. The number of aliphatic imine (C=N–C) groups is 1. The molecule has 2 atom stereocenters. The average Bonchev–Trinajstić information content (AvgIpc) is 3.15. The van der Waals surface area contributed by atoms with E-state index in [1.165, 1.54) is 41.4 Å². The SMILES string of the molecule is NCCO/N=C(/CCCCCCN=C(NS(=O)(=O)c1ccc(Cl)cc1)N(N)CC(c1ccccc1)C(I)c1ccc(Cl)cc1)c1ccc(C(F)(F)F)cc1. The van der Waals surface area contributed by atoms with Crippen LogP contribution in [0.1, 0.15) is 64.2 Å². The van der Waals surface area contributed by atoms with Gasteiger partial charge in [0.1, 0.15) is 6.61 Å². The van der Waals surface area contributed by atoms with Gasteiger partial charge in [0, 0.05) is 39.5 Å². The second-order valence-corrected chi connectivity index (χ2v) is 16.2. The lowest BCUT2D eigenvalue weighted by molar-refractivity contribution is -0.137. The Morgan fingerprint density at radius 2 is 1.46 bits per heavy atom. The summed E-state index contributed by atoms with van der Waals surface area (Å²) >= 11 is 14.5. The van der Waals surface area contributed by atoms with Gasteiger partial charge in [0.05, 0.1) is 16.2 Å². The van der Waals surface area contributed by atoms with E-state index in [1.54, 1.807) is 0 Å². The molecule has 16 heteroatoms. The third-order valence-electron chi connectivity index (χ3n) is 8.30. The topological polar surface area (TPSA) is 135 Å². The molecule has 0 radical (unpaired) electrons. The normalized spacial score (nSPS) is 13.7. The molecule has 4 rings (SSSR count). The fraction of sp³-hybridized carbons (Fsp3) is 0.316. The predicted molar refractivity (Wildman–Crippen MR) is 218 cm³/mol. The number of nitrogens with zero attached hydrogens (tertiary/aromatic N) is 3. The summed E-state index contributed by atoms with van der Waals surface area (Å²) < 4.78 is 68.8. The maximum absolute atomic E-state index is 13.5. The lowest BCUT2D eigenvalue weighted by Crippen LogP contribution is -2.50. The monoisotopic (exact) mass is 916 g/mol. The number of alkyl halides is 4. The number of benzene rings is 4. The third-order valence-corrected chi connectivity index (χ3v) is 11.7. The Kier molecular flexibility index (Phi) is 16.9. The zero-order valence-corrected chi connectivity index (χ0v) is 33.7. The zero-order valence-electron chi connectivity index (χ0n) is 29.2. The maximum Gasteiger partial charge on any atom is 0.416 e. The Bertz CT molecular complexity index is 1920. The van der Waals surface area contributed by atoms with Crippen LogP contribution in [0.4, 0.5) is 13.2 Å². The number of hydrogen-bond donors (Lipinski definition) is 3. The zero-order chi connectivity index (χ0) is 39.1. The maximum atomic E-state index is 13.5. The molecule has 9 nitrogen and oxygen atoms in total. The minimum atomic E-state index is -4.44. The van der Waals surface area contributed by atoms with Gasteiger partial charge in [-0.1, -0.05) is 118 Å². The van der Waals surface area contributed by atoms with Crippen molar-refractivity contribution in [2.24, 2.45) is 21.7 Å². The molecule has 0 spiro atoms. The van der Waals surface area contributed by atoms with E-state index in [0.29, 0.717) is 40.6 Å². The lowest BCUT2D eigenvalue weighted by Gasteiger charge is -2.30. The van der Waals surface area contributed by atoms with Crippen LogP contribution in [0, 0.1) is 0 Å². The van der Waals surface area contributed by atoms with E-state index in [2.05, 4.69) is 37.5 Å². The molecule has 5 N–H and O–H groups in total. The highest BCUT2D eigenvalue weighted by Gasteiger charge is 2.30. The molecule has 0 amide bonds. The quantitative estimate of drug-likeness (QED) is 0.0173. The van der Waals surface area contributed by atoms with Crippen molar-refractivity contribution in [3.05, 3.63) is 135 Å². The van der Waals surface area contributed by atoms with Crippen LogP contribution in [0.25, 0.3) is 0 Å². The molecule has 0 saturated heterocycles. The van der Waals surface area contributed by atoms with E-state index in [-0.39, 0.29) is 46.9 Å². The largest absolute Gasteiger partial charge is 0.416 e. The van der Waals surface area contributed by atoms with Gasteiger partial charge in [0.25, 0.3) is 10.0 Å². The summed E-state index contributed by atoms with van der Waals surface area (Å²) in [4.78, 5) is 9.89. The van der Waals surface area contributed by atoms with Gasteiger partial charge < -0.3 is 10.6 Å². The van der Waals surface area contributed by atoms with E-state index in [4.69, 9.17) is 39.6 Å². The van der Waals surface area contributed by atoms with Crippen LogP contribution >= 0.6 is 45.8 Å². The minimum absolute atomic E-state index is 0.00139. The van der Waals surface area contributed by atoms with E-state index >= 15 is 0 Å². The van der Waals surface area contributed by atoms with Crippen LogP contribution in [-0.2, 0) is 21.0 Å². The highest BCUT2D eigenvalue weighted by Crippen LogP contribution is 2.39. The molecule has 4 aromatic carbocycles. The smallest absolute Gasteiger partial charge is 0.394 e. The Hall–Kier alpha value is -3.41. The number of nitrogens with one attached hydrogen (secondary N) is 1. The second-order valence-electron chi connectivity index (χ2n) is 12.3. The first-order chi connectivity index (χ1) is 25.8. The summed E-state index contributed by atoms with van der Waals surface area (Å²) in [6.07, 6.45) is -1.21. The Balaban J connectivity index is 1.47. The van der Waals surface area contributed by atoms with Crippen molar-refractivity contribution in [3.8, 4) is 0 Å². The number of sulfonamides is 1. The van der Waals surface area contributed by atoms with Crippen molar-refractivity contribution >= 4 is 67.5 Å². The average molecular weight is 918 g/mol. The molecular weight excluding hydrogens is 875 g/mol. The van der Waals surface area contributed by atoms with Crippen LogP contribution in [0.2, 0.25) is 10.0 Å². The van der Waals surface area contributed by atoms with Gasteiger partial charge in [-0.2, -0.15) is 13.2 Å². The molecule has 2 unspecified atom stereocenters. The first kappa shape index (κ1) is 43.3. The Morgan fingerprint density at radius 1 is 0.852 bits per heavy atom. The van der Waals surface area contributed by atoms with Gasteiger partial charge in [-0.05, 0) is 84.5 Å². The highest BCUT2D eigenvalue weighted by atomic mass is 127. The number of rotatable bonds is 18. The van der Waals surface area contributed by atoms with Gasteiger partial charge in [0.15, 0.2) is 0 Å². The van der Waals surface area contributed by atoms with E-state index < -0.39 is 21.8 Å². The number of unbranched alkanes of at least 4 members (excludes halogenated alkanes) is 3. The summed E-state index contributed by atoms with van der Waals surface area (Å²) in [5.41, 5.74) is 7.85. The second kappa shape index (κ2) is 21.0. The molecule has 0 heterocycles. The van der Waals surface area contributed by atoms with E-state index in [1.807, 2.05) is 54.6 Å². The van der Waals surface area contributed by atoms with Crippen LogP contribution < -0.4 is 16.3 Å². The molecule has 290 valence electrons. The predicted octanol–water partition coefficient (Wildman–Crippen LogP) is 9.11. The van der Waals surface area contributed by atoms with Gasteiger partial charge in [-0.3, -0.25) is 10.0 Å². The Morgan fingerprint density at radius 3 is 2.07 bits per heavy atom. The number of halogens is 6. The van der Waals surface area contributed by atoms with E-state index in [9.17, 15) is 21.6 Å². The fourth-order valence-corrected chi connectivity index (χ4v) is 7.78. The number of guanidine groups is 1. The summed E-state index contributed by atoms with van der Waals surface area (Å²) in [6, 6.07) is 28.0. The van der Waals surface area contributed by atoms with Crippen LogP contribution in [-0.4, -0.2) is 51.3 Å². The first-order valence-electron chi connectivity index (χ1n) is 17.1. The summed E-state index contributed by atoms with van der Waals surface area (Å²) in [5, 5.41) is 6.48. The van der Waals surface area contributed by atoms with Crippen molar-refractivity contribution in [1.82, 2.24) is 9.73 Å². The van der Waals surface area contributed by atoms with Crippen molar-refractivity contribution < 1.29 is 26.4 Å². The number of nitrogens with two attached hydrogens (primary N) is 2. The summed E-state index contributed by atoms with van der Waals surface area (Å²) in [7, 11) is -4.08. The van der Waals surface area contributed by atoms with Crippen molar-refractivity contribution in [3.63, 3.8) is 0 Å². The van der Waals surface area contributed by atoms with Gasteiger partial charge in [0.2, 0.25) is 5.96 Å². The molecular formula is C38H42Cl2F3IN6O3S. The van der Waals surface area contributed by atoms with Crippen molar-refractivity contribution in [1.29, 1.82) is 0 Å². The van der Waals surface area contributed by atoms with Crippen LogP contribution in [0.3, 0.4) is 0 Å². The van der Waals surface area contributed by atoms with Crippen molar-refractivity contribution in [2.75, 3.05) is 26.2 Å². The Labute approximate surface area is 338 Å². The molecule has 4 aromatic rings. The van der Waals surface area contributed by atoms with Crippen molar-refractivity contribution in [2.45, 2.75) is 53.0 Å². The van der Waals surface area contributed by atoms with Gasteiger partial charge in [-0.15, -0.1) is 0 Å². The third kappa shape index (κ3) is 13.4. The fourth-order valence-electron chi connectivity index (χ4n) is 5.43. The minimum Gasteiger partial charge on any atom is -0.394 e. The molecule has 0 fully saturated rings. The molecule has 0 aromatic heterocycles. The van der Waals surface area contributed by atoms with E-state index in [0.717, 1.165) is 36.1 Å². The standard InChI is InChI=1S/C38H42Cl2F3IN6O3S/c39-31-17-13-29(14-18-31)36(44)34(27-8-4-3-5-9-27)26-50(46)37(49-54(51,52)33-21-19-32(40)20-22-33)47-24-7-2-1-6-10-35(48-53-25-23-45)28-11-15-30(16-12-28)38(41,42)43/h3-5,8-9,11-22,34,36H,1-2,6-7,10,23-26,45-46H2,(H,47,49)/b48-35-. The number of hydrogen-bond acceptors (Lipinski definition) is 7. The molecule has 0 aliphatic heterocycles. The van der Waals surface area contributed by atoms with Gasteiger partial charge in [-0.25, -0.2) is 19.0 Å². The van der Waals surface area contributed by atoms with Crippen LogP contribution in [0.5, 0.6) is 0 Å². The highest BCUT2D eigenvalue weighted by molar-refractivity contribution is 14.1.